The molecule has 1 atom stereocenters. The largest absolute Gasteiger partial charge is 0.493 e. The van der Waals surface area contributed by atoms with Crippen LogP contribution in [0.25, 0.3) is 0 Å². The van der Waals surface area contributed by atoms with E-state index in [2.05, 4.69) is 26.9 Å². The molecule has 3 heterocycles. The molecule has 1 aromatic carbocycles. The van der Waals surface area contributed by atoms with Gasteiger partial charge >= 0.3 is 0 Å². The monoisotopic (exact) mass is 397 g/mol. The molecule has 6 nitrogen and oxygen atoms in total. The summed E-state index contributed by atoms with van der Waals surface area (Å²) in [6, 6.07) is 10.2. The lowest BCUT2D eigenvalue weighted by molar-refractivity contribution is 0.0746. The zero-order valence-electron chi connectivity index (χ0n) is 17.2. The number of methoxy groups -OCH3 is 1. The Hall–Kier alpha value is -2.15. The summed E-state index contributed by atoms with van der Waals surface area (Å²) in [6.07, 6.45) is 5.76. The first-order valence-electron chi connectivity index (χ1n) is 10.5. The van der Waals surface area contributed by atoms with Gasteiger partial charge in [-0.1, -0.05) is 12.1 Å². The number of β-amino-alcohol motifs (C(OH)–C–C–N with tert-alkyl or cyclic N) is 1. The van der Waals surface area contributed by atoms with Gasteiger partial charge in [0.2, 0.25) is 0 Å². The van der Waals surface area contributed by atoms with E-state index in [1.54, 1.807) is 7.11 Å². The van der Waals surface area contributed by atoms with Crippen LogP contribution in [0.3, 0.4) is 0 Å². The quantitative estimate of drug-likeness (QED) is 0.702. The van der Waals surface area contributed by atoms with Crippen molar-refractivity contribution in [2.45, 2.75) is 31.4 Å². The number of aliphatic hydroxyl groups excluding tert-OH is 1. The second kappa shape index (κ2) is 9.57. The molecule has 2 aliphatic heterocycles. The Kier molecular flexibility index (Phi) is 6.64. The smallest absolute Gasteiger partial charge is 0.161 e. The highest BCUT2D eigenvalue weighted by atomic mass is 16.5. The minimum atomic E-state index is -0.483. The van der Waals surface area contributed by atoms with Gasteiger partial charge in [-0.05, 0) is 55.3 Å². The van der Waals surface area contributed by atoms with Crippen molar-refractivity contribution in [3.63, 3.8) is 0 Å². The number of ether oxygens (including phenoxy) is 2. The fourth-order valence-corrected chi connectivity index (χ4v) is 4.22. The zero-order valence-corrected chi connectivity index (χ0v) is 17.2. The molecular formula is C23H31N3O3. The van der Waals surface area contributed by atoms with E-state index in [-0.39, 0.29) is 6.61 Å². The van der Waals surface area contributed by atoms with E-state index in [0.29, 0.717) is 18.2 Å². The highest BCUT2D eigenvalue weighted by Gasteiger charge is 2.28. The molecule has 2 fully saturated rings. The van der Waals surface area contributed by atoms with Gasteiger partial charge in [-0.2, -0.15) is 0 Å². The number of benzene rings is 1. The van der Waals surface area contributed by atoms with Crippen LogP contribution >= 0.6 is 0 Å². The number of hydrogen-bond donors (Lipinski definition) is 1. The van der Waals surface area contributed by atoms with Crippen molar-refractivity contribution in [3.8, 4) is 11.5 Å². The minimum Gasteiger partial charge on any atom is -0.493 e. The van der Waals surface area contributed by atoms with E-state index in [9.17, 15) is 5.11 Å². The molecule has 0 radical (unpaired) electrons. The predicted octanol–water partition coefficient (Wildman–Crippen LogP) is 2.53. The van der Waals surface area contributed by atoms with Gasteiger partial charge in [-0.25, -0.2) is 0 Å². The molecule has 0 aliphatic carbocycles. The highest BCUT2D eigenvalue weighted by molar-refractivity contribution is 5.43. The standard InChI is InChI=1S/C23H31N3O3/c1-28-23-11-18(13-26-14-20(15-26)19-5-4-8-24-12-19)6-7-22(23)29-17-21(27)16-25-9-2-3-10-25/h4-8,11-12,20-21,27H,2-3,9-10,13-17H2,1H3/t21-/m1/s1. The molecule has 2 saturated heterocycles. The van der Waals surface area contributed by atoms with Gasteiger partial charge in [0.05, 0.1) is 7.11 Å². The average molecular weight is 398 g/mol. The van der Waals surface area contributed by atoms with Gasteiger partial charge < -0.3 is 19.5 Å². The second-order valence-electron chi connectivity index (χ2n) is 8.14. The minimum absolute atomic E-state index is 0.283. The molecule has 0 amide bonds. The van der Waals surface area contributed by atoms with Crippen LogP contribution in [0, 0.1) is 0 Å². The summed E-state index contributed by atoms with van der Waals surface area (Å²) in [5.74, 6) is 1.99. The first-order valence-corrected chi connectivity index (χ1v) is 10.5. The number of aromatic nitrogens is 1. The van der Waals surface area contributed by atoms with Gasteiger partial charge in [0.25, 0.3) is 0 Å². The lowest BCUT2D eigenvalue weighted by Crippen LogP contribution is -2.44. The predicted molar refractivity (Wildman–Crippen MR) is 112 cm³/mol. The fourth-order valence-electron chi connectivity index (χ4n) is 4.22. The van der Waals surface area contributed by atoms with Gasteiger partial charge in [-0.15, -0.1) is 0 Å². The van der Waals surface area contributed by atoms with Crippen LogP contribution in [0.4, 0.5) is 0 Å². The molecule has 0 unspecified atom stereocenters. The van der Waals surface area contributed by atoms with E-state index in [1.807, 2.05) is 30.6 Å². The second-order valence-corrected chi connectivity index (χ2v) is 8.14. The van der Waals surface area contributed by atoms with E-state index in [0.717, 1.165) is 38.5 Å². The molecule has 2 aromatic rings. The van der Waals surface area contributed by atoms with E-state index < -0.39 is 6.10 Å². The third kappa shape index (κ3) is 5.26. The molecule has 2 aliphatic rings. The Morgan fingerprint density at radius 3 is 2.69 bits per heavy atom. The summed E-state index contributed by atoms with van der Waals surface area (Å²) in [5, 5.41) is 10.2. The summed E-state index contributed by atoms with van der Waals surface area (Å²) in [6.45, 7) is 6.11. The molecule has 156 valence electrons. The van der Waals surface area contributed by atoms with Crippen molar-refractivity contribution in [1.29, 1.82) is 0 Å². The Balaban J connectivity index is 1.27. The molecule has 4 rings (SSSR count). The molecule has 0 bridgehead atoms. The lowest BCUT2D eigenvalue weighted by Gasteiger charge is -2.39. The summed E-state index contributed by atoms with van der Waals surface area (Å²) >= 11 is 0. The van der Waals surface area contributed by atoms with Crippen molar-refractivity contribution >= 4 is 0 Å². The molecule has 1 aromatic heterocycles. The number of likely N-dealkylation sites (tertiary alicyclic amines) is 2. The van der Waals surface area contributed by atoms with Crippen LogP contribution in [-0.2, 0) is 6.54 Å². The summed E-state index contributed by atoms with van der Waals surface area (Å²) in [7, 11) is 1.66. The third-order valence-corrected chi connectivity index (χ3v) is 5.85. The Labute approximate surface area is 173 Å². The topological polar surface area (TPSA) is 58.1 Å². The van der Waals surface area contributed by atoms with Crippen LogP contribution < -0.4 is 9.47 Å². The van der Waals surface area contributed by atoms with Crippen LogP contribution in [0.1, 0.15) is 29.9 Å². The van der Waals surface area contributed by atoms with Crippen molar-refractivity contribution in [2.75, 3.05) is 46.4 Å². The van der Waals surface area contributed by atoms with Crippen molar-refractivity contribution in [1.82, 2.24) is 14.8 Å². The van der Waals surface area contributed by atoms with Crippen molar-refractivity contribution < 1.29 is 14.6 Å². The number of aliphatic hydroxyl groups is 1. The molecule has 6 heteroatoms. The van der Waals surface area contributed by atoms with E-state index in [1.165, 1.54) is 24.0 Å². The van der Waals surface area contributed by atoms with Gasteiger partial charge in [0, 0.05) is 44.5 Å². The van der Waals surface area contributed by atoms with E-state index >= 15 is 0 Å². The lowest BCUT2D eigenvalue weighted by atomic mass is 9.92. The normalized spacial score (nSPS) is 19.1. The number of nitrogens with zero attached hydrogens (tertiary/aromatic N) is 3. The maximum Gasteiger partial charge on any atom is 0.161 e. The van der Waals surface area contributed by atoms with Crippen molar-refractivity contribution in [2.24, 2.45) is 0 Å². The van der Waals surface area contributed by atoms with Crippen LogP contribution in [0.5, 0.6) is 11.5 Å². The first-order chi connectivity index (χ1) is 14.2. The molecule has 0 saturated carbocycles. The maximum atomic E-state index is 10.2. The Morgan fingerprint density at radius 2 is 1.97 bits per heavy atom. The maximum absolute atomic E-state index is 10.2. The Morgan fingerprint density at radius 1 is 1.14 bits per heavy atom. The highest BCUT2D eigenvalue weighted by Crippen LogP contribution is 2.31. The first kappa shape index (κ1) is 20.1. The summed E-state index contributed by atoms with van der Waals surface area (Å²) in [4.78, 5) is 8.93. The SMILES string of the molecule is COc1cc(CN2CC(c3cccnc3)C2)ccc1OC[C@H](O)CN1CCCC1. The fraction of sp³-hybridized carbons (Fsp3) is 0.522. The van der Waals surface area contributed by atoms with Crippen LogP contribution in [0.15, 0.2) is 42.7 Å². The summed E-state index contributed by atoms with van der Waals surface area (Å²) in [5.41, 5.74) is 2.52. The van der Waals surface area contributed by atoms with Gasteiger partial charge in [0.1, 0.15) is 12.7 Å². The number of rotatable bonds is 9. The third-order valence-electron chi connectivity index (χ3n) is 5.85. The van der Waals surface area contributed by atoms with Gasteiger partial charge in [-0.3, -0.25) is 9.88 Å². The zero-order chi connectivity index (χ0) is 20.1. The molecule has 29 heavy (non-hydrogen) atoms. The average Bonchev–Trinajstić information content (AvgIpc) is 3.22. The number of pyridine rings is 1. The van der Waals surface area contributed by atoms with E-state index in [4.69, 9.17) is 9.47 Å². The molecule has 1 N–H and O–H groups in total. The summed E-state index contributed by atoms with van der Waals surface area (Å²) < 4.78 is 11.4. The van der Waals surface area contributed by atoms with Gasteiger partial charge in [0.15, 0.2) is 11.5 Å². The van der Waals surface area contributed by atoms with Crippen LogP contribution in [-0.4, -0.2) is 72.4 Å². The molecular weight excluding hydrogens is 366 g/mol. The number of hydrogen-bond acceptors (Lipinski definition) is 6. The Bertz CT molecular complexity index is 774. The van der Waals surface area contributed by atoms with Crippen LogP contribution in [0.2, 0.25) is 0 Å². The van der Waals surface area contributed by atoms with Crippen molar-refractivity contribution in [3.05, 3.63) is 53.9 Å². The molecule has 0 spiro atoms.